The molecule has 1 heterocycles. The normalized spacial score (nSPS) is 11.1. The van der Waals surface area contributed by atoms with Gasteiger partial charge in [-0.3, -0.25) is 4.79 Å². The highest BCUT2D eigenvalue weighted by atomic mass is 32.1. The van der Waals surface area contributed by atoms with Crippen molar-refractivity contribution >= 4 is 33.0 Å². The monoisotopic (exact) mass is 368 g/mol. The van der Waals surface area contributed by atoms with Gasteiger partial charge in [-0.15, -0.1) is 11.3 Å². The van der Waals surface area contributed by atoms with Crippen molar-refractivity contribution in [3.05, 3.63) is 59.0 Å². The van der Waals surface area contributed by atoms with Crippen molar-refractivity contribution in [2.75, 3.05) is 32.6 Å². The Kier molecular flexibility index (Phi) is 5.91. The summed E-state index contributed by atoms with van der Waals surface area (Å²) in [6.45, 7) is 3.69. The molecule has 0 spiro atoms. The molecule has 0 atom stereocenters. The summed E-state index contributed by atoms with van der Waals surface area (Å²) in [5.41, 5.74) is 1.80. The van der Waals surface area contributed by atoms with E-state index in [9.17, 15) is 4.79 Å². The second-order valence-electron chi connectivity index (χ2n) is 6.54. The van der Waals surface area contributed by atoms with Gasteiger partial charge in [0.1, 0.15) is 5.75 Å². The number of hydrogen-bond acceptors (Lipinski definition) is 4. The van der Waals surface area contributed by atoms with Gasteiger partial charge in [-0.05, 0) is 68.7 Å². The van der Waals surface area contributed by atoms with Crippen molar-refractivity contribution in [2.24, 2.45) is 0 Å². The SMILES string of the molecule is Cc1c(C(=O)Nc2ccc(OCCCN(C)C)cc2)sc2ccccc12. The first-order valence-corrected chi connectivity index (χ1v) is 9.53. The van der Waals surface area contributed by atoms with Gasteiger partial charge in [-0.1, -0.05) is 18.2 Å². The molecular weight excluding hydrogens is 344 g/mol. The molecule has 136 valence electrons. The van der Waals surface area contributed by atoms with Crippen molar-refractivity contribution in [2.45, 2.75) is 13.3 Å². The Morgan fingerprint density at radius 1 is 1.12 bits per heavy atom. The zero-order chi connectivity index (χ0) is 18.5. The molecule has 0 aliphatic carbocycles. The lowest BCUT2D eigenvalue weighted by Crippen LogP contribution is -2.15. The summed E-state index contributed by atoms with van der Waals surface area (Å²) < 4.78 is 6.86. The molecular formula is C21H24N2O2S. The van der Waals surface area contributed by atoms with E-state index in [0.717, 1.165) is 44.9 Å². The van der Waals surface area contributed by atoms with Gasteiger partial charge < -0.3 is 15.0 Å². The number of amides is 1. The third-order valence-electron chi connectivity index (χ3n) is 4.18. The highest BCUT2D eigenvalue weighted by molar-refractivity contribution is 7.21. The number of benzene rings is 2. The molecule has 0 saturated carbocycles. The van der Waals surface area contributed by atoms with Crippen LogP contribution >= 0.6 is 11.3 Å². The lowest BCUT2D eigenvalue weighted by molar-refractivity contribution is 0.103. The van der Waals surface area contributed by atoms with E-state index in [1.807, 2.05) is 49.4 Å². The largest absolute Gasteiger partial charge is 0.494 e. The number of nitrogens with one attached hydrogen (secondary N) is 1. The van der Waals surface area contributed by atoms with E-state index in [0.29, 0.717) is 6.61 Å². The molecule has 26 heavy (non-hydrogen) atoms. The molecule has 0 unspecified atom stereocenters. The first-order chi connectivity index (χ1) is 12.5. The van der Waals surface area contributed by atoms with E-state index in [-0.39, 0.29) is 5.91 Å². The third-order valence-corrected chi connectivity index (χ3v) is 5.45. The Hall–Kier alpha value is -2.37. The number of nitrogens with zero attached hydrogens (tertiary/aromatic N) is 1. The number of rotatable bonds is 7. The molecule has 2 aromatic carbocycles. The van der Waals surface area contributed by atoms with Gasteiger partial charge in [0, 0.05) is 16.9 Å². The fraction of sp³-hybridized carbons (Fsp3) is 0.286. The van der Waals surface area contributed by atoms with Crippen LogP contribution in [0.5, 0.6) is 5.75 Å². The molecule has 1 aromatic heterocycles. The highest BCUT2D eigenvalue weighted by Gasteiger charge is 2.15. The lowest BCUT2D eigenvalue weighted by Gasteiger charge is -2.11. The van der Waals surface area contributed by atoms with Crippen LogP contribution < -0.4 is 10.1 Å². The maximum atomic E-state index is 12.6. The third kappa shape index (κ3) is 4.42. The van der Waals surface area contributed by atoms with Crippen molar-refractivity contribution in [3.8, 4) is 5.75 Å². The van der Waals surface area contributed by atoms with Crippen molar-refractivity contribution < 1.29 is 9.53 Å². The van der Waals surface area contributed by atoms with E-state index in [4.69, 9.17) is 4.74 Å². The van der Waals surface area contributed by atoms with E-state index in [2.05, 4.69) is 30.4 Å². The first-order valence-electron chi connectivity index (χ1n) is 8.71. The van der Waals surface area contributed by atoms with Crippen molar-refractivity contribution in [1.82, 2.24) is 4.90 Å². The van der Waals surface area contributed by atoms with Gasteiger partial charge >= 0.3 is 0 Å². The molecule has 0 bridgehead atoms. The van der Waals surface area contributed by atoms with Crippen LogP contribution in [0.15, 0.2) is 48.5 Å². The van der Waals surface area contributed by atoms with Crippen LogP contribution in [-0.2, 0) is 0 Å². The van der Waals surface area contributed by atoms with E-state index >= 15 is 0 Å². The molecule has 0 aliphatic rings. The van der Waals surface area contributed by atoms with Gasteiger partial charge in [-0.2, -0.15) is 0 Å². The summed E-state index contributed by atoms with van der Waals surface area (Å²) in [4.78, 5) is 15.5. The molecule has 1 N–H and O–H groups in total. The van der Waals surface area contributed by atoms with Gasteiger partial charge in [0.15, 0.2) is 0 Å². The van der Waals surface area contributed by atoms with Gasteiger partial charge in [0.25, 0.3) is 5.91 Å². The minimum atomic E-state index is -0.0663. The first kappa shape index (κ1) is 18.4. The zero-order valence-corrected chi connectivity index (χ0v) is 16.2. The highest BCUT2D eigenvalue weighted by Crippen LogP contribution is 2.31. The number of carbonyl (C=O) groups excluding carboxylic acids is 1. The van der Waals surface area contributed by atoms with Crippen LogP contribution in [-0.4, -0.2) is 38.1 Å². The summed E-state index contributed by atoms with van der Waals surface area (Å²) in [6, 6.07) is 15.6. The van der Waals surface area contributed by atoms with Gasteiger partial charge in [0.05, 0.1) is 11.5 Å². The van der Waals surface area contributed by atoms with Crippen molar-refractivity contribution in [1.29, 1.82) is 0 Å². The minimum Gasteiger partial charge on any atom is -0.494 e. The predicted octanol–water partition coefficient (Wildman–Crippen LogP) is 4.79. The zero-order valence-electron chi connectivity index (χ0n) is 15.4. The summed E-state index contributed by atoms with van der Waals surface area (Å²) in [5, 5.41) is 4.12. The predicted molar refractivity (Wildman–Crippen MR) is 110 cm³/mol. The number of aryl methyl sites for hydroxylation is 1. The Morgan fingerprint density at radius 2 is 1.85 bits per heavy atom. The molecule has 1 amide bonds. The maximum Gasteiger partial charge on any atom is 0.266 e. The second-order valence-corrected chi connectivity index (χ2v) is 7.59. The molecule has 3 aromatic rings. The summed E-state index contributed by atoms with van der Waals surface area (Å²) in [7, 11) is 4.10. The molecule has 3 rings (SSSR count). The lowest BCUT2D eigenvalue weighted by atomic mass is 10.1. The number of thiophene rings is 1. The average Bonchev–Trinajstić information content (AvgIpc) is 2.97. The Balaban J connectivity index is 1.61. The minimum absolute atomic E-state index is 0.0663. The summed E-state index contributed by atoms with van der Waals surface area (Å²) >= 11 is 1.53. The smallest absolute Gasteiger partial charge is 0.266 e. The van der Waals surface area contributed by atoms with Crippen LogP contribution in [0.3, 0.4) is 0 Å². The van der Waals surface area contributed by atoms with Gasteiger partial charge in [0.2, 0.25) is 0 Å². The average molecular weight is 369 g/mol. The molecule has 5 heteroatoms. The number of fused-ring (bicyclic) bond motifs is 1. The Morgan fingerprint density at radius 3 is 2.54 bits per heavy atom. The van der Waals surface area contributed by atoms with E-state index < -0.39 is 0 Å². The standard InChI is InChI=1S/C21H24N2O2S/c1-15-18-7-4-5-8-19(18)26-20(15)21(24)22-16-9-11-17(12-10-16)25-14-6-13-23(2)3/h4-5,7-12H,6,13-14H2,1-3H3,(H,22,24). The fourth-order valence-corrected chi connectivity index (χ4v) is 3.89. The van der Waals surface area contributed by atoms with Crippen LogP contribution in [0.2, 0.25) is 0 Å². The second kappa shape index (κ2) is 8.34. The summed E-state index contributed by atoms with van der Waals surface area (Å²) in [5.74, 6) is 0.753. The quantitative estimate of drug-likeness (QED) is 0.610. The summed E-state index contributed by atoms with van der Waals surface area (Å²) in [6.07, 6.45) is 0.983. The molecule has 0 aliphatic heterocycles. The number of carbonyl (C=O) groups is 1. The molecule has 0 saturated heterocycles. The number of ether oxygens (including phenoxy) is 1. The number of hydrogen-bond donors (Lipinski definition) is 1. The maximum absolute atomic E-state index is 12.6. The molecule has 0 fully saturated rings. The van der Waals surface area contributed by atoms with Crippen LogP contribution in [0.25, 0.3) is 10.1 Å². The topological polar surface area (TPSA) is 41.6 Å². The van der Waals surface area contributed by atoms with Gasteiger partial charge in [-0.25, -0.2) is 0 Å². The van der Waals surface area contributed by atoms with E-state index in [1.165, 1.54) is 11.3 Å². The van der Waals surface area contributed by atoms with Crippen LogP contribution in [0.4, 0.5) is 5.69 Å². The van der Waals surface area contributed by atoms with Crippen molar-refractivity contribution in [3.63, 3.8) is 0 Å². The van der Waals surface area contributed by atoms with E-state index in [1.54, 1.807) is 0 Å². The molecule has 4 nitrogen and oxygen atoms in total. The Labute approximate surface area is 158 Å². The molecule has 0 radical (unpaired) electrons. The van der Waals surface area contributed by atoms with Crippen LogP contribution in [0.1, 0.15) is 21.7 Å². The number of anilines is 1. The van der Waals surface area contributed by atoms with Crippen LogP contribution in [0, 0.1) is 6.92 Å². The fourth-order valence-electron chi connectivity index (χ4n) is 2.78. The Bertz CT molecular complexity index is 885.